The Bertz CT molecular complexity index is 764. The zero-order chi connectivity index (χ0) is 18.5. The zero-order valence-electron chi connectivity index (χ0n) is 14.4. The van der Waals surface area contributed by atoms with Crippen molar-refractivity contribution in [1.82, 2.24) is 10.2 Å². The summed E-state index contributed by atoms with van der Waals surface area (Å²) in [5.74, 6) is 1.13. The smallest absolute Gasteiger partial charge is 0.266 e. The van der Waals surface area contributed by atoms with Crippen molar-refractivity contribution in [2.75, 3.05) is 19.9 Å². The van der Waals surface area contributed by atoms with Gasteiger partial charge in [0.25, 0.3) is 5.91 Å². The van der Waals surface area contributed by atoms with Gasteiger partial charge in [0.2, 0.25) is 12.7 Å². The molecule has 0 spiro atoms. The predicted octanol–water partition coefficient (Wildman–Crippen LogP) is 2.92. The lowest BCUT2D eigenvalue weighted by Crippen LogP contribution is -2.33. The fourth-order valence-electron chi connectivity index (χ4n) is 2.55. The maximum absolute atomic E-state index is 12.6. The van der Waals surface area contributed by atoms with Gasteiger partial charge in [-0.25, -0.2) is 0 Å². The first kappa shape index (κ1) is 18.7. The van der Waals surface area contributed by atoms with Crippen LogP contribution in [0.2, 0.25) is 0 Å². The van der Waals surface area contributed by atoms with E-state index in [1.807, 2.05) is 18.2 Å². The lowest BCUT2D eigenvalue weighted by molar-refractivity contribution is -0.123. The molecule has 0 radical (unpaired) electrons. The maximum Gasteiger partial charge on any atom is 0.266 e. The van der Waals surface area contributed by atoms with Crippen LogP contribution in [-0.4, -0.2) is 40.9 Å². The van der Waals surface area contributed by atoms with Crippen molar-refractivity contribution in [3.8, 4) is 11.5 Å². The maximum atomic E-state index is 12.6. The van der Waals surface area contributed by atoms with Crippen molar-refractivity contribution in [3.05, 3.63) is 28.7 Å². The molecule has 2 aliphatic rings. The Labute approximate surface area is 161 Å². The molecular formula is C18H20N2O4S2. The van der Waals surface area contributed by atoms with E-state index in [1.54, 1.807) is 6.08 Å². The number of ether oxygens (including phenoxy) is 2. The molecule has 2 heterocycles. The van der Waals surface area contributed by atoms with Crippen LogP contribution in [0.5, 0.6) is 11.5 Å². The topological polar surface area (TPSA) is 67.9 Å². The molecule has 8 heteroatoms. The number of unbranched alkanes of at least 4 members (excludes halogenated alkanes) is 1. The highest BCUT2D eigenvalue weighted by Gasteiger charge is 2.32. The summed E-state index contributed by atoms with van der Waals surface area (Å²) in [5.41, 5.74) is 0.840. The van der Waals surface area contributed by atoms with Gasteiger partial charge in [0.15, 0.2) is 11.5 Å². The fourth-order valence-corrected chi connectivity index (χ4v) is 3.86. The van der Waals surface area contributed by atoms with Crippen LogP contribution in [0.3, 0.4) is 0 Å². The highest BCUT2D eigenvalue weighted by molar-refractivity contribution is 8.26. The van der Waals surface area contributed by atoms with Crippen LogP contribution < -0.4 is 14.8 Å². The van der Waals surface area contributed by atoms with E-state index in [9.17, 15) is 9.59 Å². The van der Waals surface area contributed by atoms with E-state index in [2.05, 4.69) is 12.2 Å². The van der Waals surface area contributed by atoms with Crippen LogP contribution in [0.25, 0.3) is 6.08 Å². The zero-order valence-corrected chi connectivity index (χ0v) is 16.1. The molecular weight excluding hydrogens is 372 g/mol. The van der Waals surface area contributed by atoms with E-state index in [4.69, 9.17) is 21.7 Å². The van der Waals surface area contributed by atoms with Crippen LogP contribution in [0, 0.1) is 0 Å². The van der Waals surface area contributed by atoms with E-state index in [-0.39, 0.29) is 25.0 Å². The third-order valence-electron chi connectivity index (χ3n) is 3.98. The molecule has 138 valence electrons. The number of thioether (sulfide) groups is 1. The van der Waals surface area contributed by atoms with Crippen LogP contribution in [0.1, 0.15) is 31.7 Å². The monoisotopic (exact) mass is 392 g/mol. The molecule has 0 bridgehead atoms. The molecule has 6 nitrogen and oxygen atoms in total. The van der Waals surface area contributed by atoms with Gasteiger partial charge in [0, 0.05) is 19.5 Å². The van der Waals surface area contributed by atoms with E-state index >= 15 is 0 Å². The van der Waals surface area contributed by atoms with E-state index in [0.717, 1.165) is 18.4 Å². The summed E-state index contributed by atoms with van der Waals surface area (Å²) in [6.45, 7) is 3.23. The number of amides is 2. The van der Waals surface area contributed by atoms with Gasteiger partial charge in [-0.3, -0.25) is 14.5 Å². The van der Waals surface area contributed by atoms with Crippen LogP contribution >= 0.6 is 24.0 Å². The molecule has 0 unspecified atom stereocenters. The predicted molar refractivity (Wildman–Crippen MR) is 105 cm³/mol. The summed E-state index contributed by atoms with van der Waals surface area (Å²) in [7, 11) is 0. The average molecular weight is 393 g/mol. The number of fused-ring (bicyclic) bond motifs is 1. The minimum Gasteiger partial charge on any atom is -0.454 e. The Morgan fingerprint density at radius 2 is 2.19 bits per heavy atom. The second-order valence-electron chi connectivity index (χ2n) is 5.90. The lowest BCUT2D eigenvalue weighted by Gasteiger charge is -2.14. The van der Waals surface area contributed by atoms with Crippen LogP contribution in [0.4, 0.5) is 0 Å². The molecule has 3 rings (SSSR count). The van der Waals surface area contributed by atoms with Crippen molar-refractivity contribution in [2.45, 2.75) is 26.2 Å². The number of benzene rings is 1. The van der Waals surface area contributed by atoms with Gasteiger partial charge in [-0.1, -0.05) is 43.4 Å². The Balaban J connectivity index is 1.60. The van der Waals surface area contributed by atoms with Gasteiger partial charge in [0.05, 0.1) is 4.91 Å². The number of rotatable bonds is 7. The summed E-state index contributed by atoms with van der Waals surface area (Å²) in [4.78, 5) is 26.4. The molecule has 0 aliphatic carbocycles. The highest BCUT2D eigenvalue weighted by Crippen LogP contribution is 2.36. The molecule has 2 amide bonds. The molecule has 1 aromatic rings. The van der Waals surface area contributed by atoms with Gasteiger partial charge in [-0.05, 0) is 30.2 Å². The van der Waals surface area contributed by atoms with Crippen molar-refractivity contribution >= 4 is 46.2 Å². The number of carbonyl (C=O) groups excluding carboxylic acids is 2. The summed E-state index contributed by atoms with van der Waals surface area (Å²) in [6, 6.07) is 5.51. The number of nitrogens with zero attached hydrogens (tertiary/aromatic N) is 1. The second-order valence-corrected chi connectivity index (χ2v) is 7.58. The summed E-state index contributed by atoms with van der Waals surface area (Å²) in [6.07, 6.45) is 4.00. The molecule has 1 N–H and O–H groups in total. The SMILES string of the molecule is CCCCNC(=O)CCN1C(=O)C(=Cc2ccc3c(c2)OCO3)SC1=S. The molecule has 1 saturated heterocycles. The highest BCUT2D eigenvalue weighted by atomic mass is 32.2. The largest absolute Gasteiger partial charge is 0.454 e. The first-order valence-corrected chi connectivity index (χ1v) is 9.72. The Morgan fingerprint density at radius 3 is 3.00 bits per heavy atom. The first-order chi connectivity index (χ1) is 12.6. The number of nitrogens with one attached hydrogen (secondary N) is 1. The molecule has 26 heavy (non-hydrogen) atoms. The van der Waals surface area contributed by atoms with Crippen molar-refractivity contribution in [3.63, 3.8) is 0 Å². The quantitative estimate of drug-likeness (QED) is 0.437. The van der Waals surface area contributed by atoms with Crippen molar-refractivity contribution in [2.24, 2.45) is 0 Å². The number of hydrogen-bond donors (Lipinski definition) is 1. The molecule has 2 aliphatic heterocycles. The van der Waals surface area contributed by atoms with Gasteiger partial charge >= 0.3 is 0 Å². The van der Waals surface area contributed by atoms with E-state index < -0.39 is 0 Å². The normalized spacial score (nSPS) is 17.3. The summed E-state index contributed by atoms with van der Waals surface area (Å²) in [5, 5.41) is 2.84. The van der Waals surface area contributed by atoms with Gasteiger partial charge < -0.3 is 14.8 Å². The number of thiocarbonyl (C=S) groups is 1. The summed E-state index contributed by atoms with van der Waals surface area (Å²) < 4.78 is 11.1. The lowest BCUT2D eigenvalue weighted by atomic mass is 10.2. The van der Waals surface area contributed by atoms with Crippen LogP contribution in [-0.2, 0) is 9.59 Å². The molecule has 0 aromatic heterocycles. The molecule has 0 saturated carbocycles. The fraction of sp³-hybridized carbons (Fsp3) is 0.389. The third kappa shape index (κ3) is 4.37. The standard InChI is InChI=1S/C18H20N2O4S2/c1-2-3-7-19-16(21)6-8-20-17(22)15(26-18(20)25)10-12-4-5-13-14(9-12)24-11-23-13/h4-5,9-10H,2-3,6-8,11H2,1H3,(H,19,21). The Kier molecular flexibility index (Phi) is 6.16. The van der Waals surface area contributed by atoms with Crippen molar-refractivity contribution in [1.29, 1.82) is 0 Å². The molecule has 1 fully saturated rings. The number of carbonyl (C=O) groups is 2. The van der Waals surface area contributed by atoms with Crippen molar-refractivity contribution < 1.29 is 19.1 Å². The Morgan fingerprint density at radius 1 is 1.38 bits per heavy atom. The molecule has 0 atom stereocenters. The minimum absolute atomic E-state index is 0.0627. The number of hydrogen-bond acceptors (Lipinski definition) is 6. The second kappa shape index (κ2) is 8.55. The summed E-state index contributed by atoms with van der Waals surface area (Å²) >= 11 is 6.55. The average Bonchev–Trinajstić information content (AvgIpc) is 3.18. The minimum atomic E-state index is -0.168. The van der Waals surface area contributed by atoms with Gasteiger partial charge in [0.1, 0.15) is 4.32 Å². The van der Waals surface area contributed by atoms with Gasteiger partial charge in [-0.15, -0.1) is 0 Å². The third-order valence-corrected chi connectivity index (χ3v) is 5.36. The van der Waals surface area contributed by atoms with E-state index in [0.29, 0.717) is 33.8 Å². The van der Waals surface area contributed by atoms with E-state index in [1.165, 1.54) is 16.7 Å². The van der Waals surface area contributed by atoms with Crippen LogP contribution in [0.15, 0.2) is 23.1 Å². The molecule has 1 aromatic carbocycles. The first-order valence-electron chi connectivity index (χ1n) is 8.50. The van der Waals surface area contributed by atoms with Gasteiger partial charge in [-0.2, -0.15) is 0 Å². The Hall–Kier alpha value is -2.06.